The van der Waals surface area contributed by atoms with E-state index in [2.05, 4.69) is 80.4 Å². The number of likely N-dealkylation sites (tertiary alicyclic amines) is 1. The van der Waals surface area contributed by atoms with Crippen LogP contribution >= 0.6 is 0 Å². The second-order valence-electron chi connectivity index (χ2n) is 15.8. The van der Waals surface area contributed by atoms with Crippen molar-refractivity contribution in [1.82, 2.24) is 10.2 Å². The Morgan fingerprint density at radius 1 is 0.959 bits per heavy atom. The first kappa shape index (κ1) is 35.3. The monoisotopic (exact) mass is 668 g/mol. The molecule has 49 heavy (non-hydrogen) atoms. The second-order valence-corrected chi connectivity index (χ2v) is 15.8. The Balaban J connectivity index is 1.23. The number of carbonyl (C=O) groups excluding carboxylic acids is 2. The van der Waals surface area contributed by atoms with Gasteiger partial charge in [0.05, 0.1) is 18.8 Å². The van der Waals surface area contributed by atoms with Gasteiger partial charge in [-0.15, -0.1) is 0 Å². The number of aliphatic hydroxyl groups is 1. The fourth-order valence-corrected chi connectivity index (χ4v) is 8.71. The Morgan fingerprint density at radius 3 is 2.39 bits per heavy atom. The minimum absolute atomic E-state index is 0.00888. The summed E-state index contributed by atoms with van der Waals surface area (Å²) >= 11 is 0. The van der Waals surface area contributed by atoms with Gasteiger partial charge in [0.1, 0.15) is 0 Å². The number of aliphatic hydroxyl groups excluding tert-OH is 1. The molecule has 6 rings (SSSR count). The maximum atomic E-state index is 12.4. The number of esters is 1. The molecule has 3 aromatic rings. The molecule has 0 aromatic heterocycles. The van der Waals surface area contributed by atoms with Gasteiger partial charge in [0.25, 0.3) is 5.91 Å². The number of hydrogen-bond donors (Lipinski definition) is 2. The van der Waals surface area contributed by atoms with E-state index in [1.54, 1.807) is 6.92 Å². The van der Waals surface area contributed by atoms with E-state index in [4.69, 9.17) is 14.2 Å². The van der Waals surface area contributed by atoms with E-state index >= 15 is 0 Å². The number of hydrogen-bond acceptors (Lipinski definition) is 7. The van der Waals surface area contributed by atoms with E-state index in [0.29, 0.717) is 23.4 Å². The third-order valence-corrected chi connectivity index (χ3v) is 10.7. The third kappa shape index (κ3) is 8.26. The van der Waals surface area contributed by atoms with Gasteiger partial charge in [-0.3, -0.25) is 14.5 Å². The molecule has 2 bridgehead atoms. The van der Waals surface area contributed by atoms with Crippen molar-refractivity contribution < 1.29 is 28.9 Å². The summed E-state index contributed by atoms with van der Waals surface area (Å²) in [4.78, 5) is 26.3. The van der Waals surface area contributed by atoms with Gasteiger partial charge in [-0.2, -0.15) is 0 Å². The molecule has 7 atom stereocenters. The van der Waals surface area contributed by atoms with Gasteiger partial charge in [0, 0.05) is 44.1 Å². The zero-order chi connectivity index (χ0) is 34.9. The van der Waals surface area contributed by atoms with Crippen LogP contribution in [0.15, 0.2) is 72.8 Å². The molecular weight excluding hydrogens is 616 g/mol. The van der Waals surface area contributed by atoms with Crippen LogP contribution in [0, 0.1) is 16.7 Å². The summed E-state index contributed by atoms with van der Waals surface area (Å²) in [7, 11) is 0. The molecule has 1 amide bonds. The van der Waals surface area contributed by atoms with Gasteiger partial charge in [0.15, 0.2) is 12.4 Å². The SMILES string of the molecule is CC(=O)O[C@@H](C)C(=O)NCc1cccc(-c2cccc([C@@H]3O[C@H](CN4CC5(C)CC4CC(C)(C)C5)[C@H](C)[C@H](c4ccc(CO)cc4)O3)c2)c1. The largest absolute Gasteiger partial charge is 0.453 e. The van der Waals surface area contributed by atoms with Crippen LogP contribution in [0.1, 0.15) is 95.5 Å². The van der Waals surface area contributed by atoms with Crippen LogP contribution in [0.5, 0.6) is 0 Å². The maximum absolute atomic E-state index is 12.4. The summed E-state index contributed by atoms with van der Waals surface area (Å²) in [6, 6.07) is 25.0. The Morgan fingerprint density at radius 2 is 1.67 bits per heavy atom. The van der Waals surface area contributed by atoms with Gasteiger partial charge in [0.2, 0.25) is 0 Å². The Labute approximate surface area is 291 Å². The average Bonchev–Trinajstić information content (AvgIpc) is 3.31. The lowest BCUT2D eigenvalue weighted by Crippen LogP contribution is -2.46. The molecule has 1 saturated carbocycles. The van der Waals surface area contributed by atoms with E-state index in [1.807, 2.05) is 30.3 Å². The number of fused-ring (bicyclic) bond motifs is 2. The molecular formula is C41H52N2O6. The highest BCUT2D eigenvalue weighted by molar-refractivity contribution is 5.82. The molecule has 2 aliphatic heterocycles. The molecule has 2 N–H and O–H groups in total. The van der Waals surface area contributed by atoms with Crippen molar-refractivity contribution in [3.63, 3.8) is 0 Å². The number of amides is 1. The summed E-state index contributed by atoms with van der Waals surface area (Å²) in [6.45, 7) is 14.7. The quantitative estimate of drug-likeness (QED) is 0.223. The van der Waals surface area contributed by atoms with E-state index < -0.39 is 18.4 Å². The van der Waals surface area contributed by atoms with Crippen LogP contribution in [0.3, 0.4) is 0 Å². The number of nitrogens with one attached hydrogen (secondary N) is 1. The first-order chi connectivity index (χ1) is 23.3. The van der Waals surface area contributed by atoms with Crippen molar-refractivity contribution in [3.05, 3.63) is 95.1 Å². The van der Waals surface area contributed by atoms with Crippen LogP contribution in [0.4, 0.5) is 0 Å². The summed E-state index contributed by atoms with van der Waals surface area (Å²) < 4.78 is 18.7. The van der Waals surface area contributed by atoms with Gasteiger partial charge in [-0.1, -0.05) is 88.4 Å². The van der Waals surface area contributed by atoms with Crippen molar-refractivity contribution >= 4 is 11.9 Å². The topological polar surface area (TPSA) is 97.3 Å². The standard InChI is InChI=1S/C41H52N2O6/c1-26-36(22-43-25-41(6)20-35(43)19-40(4,5)24-41)48-39(49-37(26)31-15-13-29(23-44)14-16-31)34-12-8-11-33(18-34)32-10-7-9-30(17-32)21-42-38(46)27(2)47-28(3)45/h7-18,26-27,35-37,39,44H,19-25H2,1-6H3,(H,42,46)/t26-,27-,35?,36+,37+,39+,41?/m0/s1. The van der Waals surface area contributed by atoms with E-state index in [0.717, 1.165) is 46.5 Å². The molecule has 3 fully saturated rings. The third-order valence-electron chi connectivity index (χ3n) is 10.7. The van der Waals surface area contributed by atoms with E-state index in [1.165, 1.54) is 26.2 Å². The molecule has 2 saturated heterocycles. The molecule has 8 nitrogen and oxygen atoms in total. The molecule has 1 aliphatic carbocycles. The highest BCUT2D eigenvalue weighted by Crippen LogP contribution is 2.53. The van der Waals surface area contributed by atoms with Gasteiger partial charge < -0.3 is 24.6 Å². The summed E-state index contributed by atoms with van der Waals surface area (Å²) in [6.07, 6.45) is 2.12. The molecule has 8 heteroatoms. The van der Waals surface area contributed by atoms with E-state index in [-0.39, 0.29) is 30.6 Å². The molecule has 262 valence electrons. The minimum Gasteiger partial charge on any atom is -0.453 e. The smallest absolute Gasteiger partial charge is 0.303 e. The van der Waals surface area contributed by atoms with Crippen molar-refractivity contribution in [2.24, 2.45) is 16.7 Å². The second kappa shape index (κ2) is 14.4. The maximum Gasteiger partial charge on any atom is 0.303 e. The Kier molecular flexibility index (Phi) is 10.3. The van der Waals surface area contributed by atoms with Crippen molar-refractivity contribution in [2.75, 3.05) is 13.1 Å². The number of carbonyl (C=O) groups is 2. The van der Waals surface area contributed by atoms with Gasteiger partial charge in [-0.25, -0.2) is 0 Å². The van der Waals surface area contributed by atoms with Crippen molar-refractivity contribution in [2.45, 2.75) is 105 Å². The fourth-order valence-electron chi connectivity index (χ4n) is 8.71. The molecule has 0 spiro atoms. The predicted molar refractivity (Wildman–Crippen MR) is 189 cm³/mol. The molecule has 2 unspecified atom stereocenters. The van der Waals surface area contributed by atoms with Crippen molar-refractivity contribution in [1.29, 1.82) is 0 Å². The highest BCUT2D eigenvalue weighted by atomic mass is 16.7. The lowest BCUT2D eigenvalue weighted by Gasteiger charge is -2.43. The summed E-state index contributed by atoms with van der Waals surface area (Å²) in [5, 5.41) is 12.5. The number of benzene rings is 3. The first-order valence-corrected chi connectivity index (χ1v) is 17.7. The Hall–Kier alpha value is -3.56. The van der Waals surface area contributed by atoms with Crippen LogP contribution in [-0.2, 0) is 37.0 Å². The minimum atomic E-state index is -0.851. The lowest BCUT2D eigenvalue weighted by molar-refractivity contribution is -0.276. The van der Waals surface area contributed by atoms with Crippen LogP contribution in [-0.4, -0.2) is 53.2 Å². The molecule has 3 aromatic carbocycles. The predicted octanol–water partition coefficient (Wildman–Crippen LogP) is 7.11. The zero-order valence-corrected chi connectivity index (χ0v) is 29.8. The zero-order valence-electron chi connectivity index (χ0n) is 29.8. The fraction of sp³-hybridized carbons (Fsp3) is 0.512. The lowest BCUT2D eigenvalue weighted by atomic mass is 9.65. The number of nitrogens with zero attached hydrogens (tertiary/aromatic N) is 1. The van der Waals surface area contributed by atoms with Crippen LogP contribution in [0.2, 0.25) is 0 Å². The number of ether oxygens (including phenoxy) is 3. The molecule has 2 heterocycles. The number of rotatable bonds is 10. The van der Waals surface area contributed by atoms with Crippen LogP contribution < -0.4 is 5.32 Å². The average molecular weight is 669 g/mol. The van der Waals surface area contributed by atoms with Crippen LogP contribution in [0.25, 0.3) is 11.1 Å². The highest BCUT2D eigenvalue weighted by Gasteiger charge is 2.51. The van der Waals surface area contributed by atoms with Gasteiger partial charge in [-0.05, 0) is 77.0 Å². The summed E-state index contributed by atoms with van der Waals surface area (Å²) in [5.74, 6) is -0.705. The Bertz CT molecular complexity index is 1640. The normalized spacial score (nSPS) is 28.5. The summed E-state index contributed by atoms with van der Waals surface area (Å²) in [5.41, 5.74) is 6.58. The molecule has 0 radical (unpaired) electrons. The van der Waals surface area contributed by atoms with E-state index in [9.17, 15) is 14.7 Å². The molecule has 3 aliphatic rings. The first-order valence-electron chi connectivity index (χ1n) is 17.7. The van der Waals surface area contributed by atoms with Crippen molar-refractivity contribution in [3.8, 4) is 11.1 Å². The van der Waals surface area contributed by atoms with Gasteiger partial charge >= 0.3 is 5.97 Å².